The van der Waals surface area contributed by atoms with Crippen molar-refractivity contribution in [1.29, 1.82) is 0 Å². The lowest BCUT2D eigenvalue weighted by atomic mass is 9.52. The zero-order valence-electron chi connectivity index (χ0n) is 12.5. The van der Waals surface area contributed by atoms with Crippen molar-refractivity contribution in [3.05, 3.63) is 0 Å². The fraction of sp³-hybridized carbons (Fsp3) is 0.938. The van der Waals surface area contributed by atoms with Crippen LogP contribution in [0.5, 0.6) is 0 Å². The number of urea groups is 1. The van der Waals surface area contributed by atoms with E-state index in [2.05, 4.69) is 10.6 Å². The molecule has 5 rings (SSSR count). The largest absolute Gasteiger partial charge is 0.388 e. The molecule has 2 amide bonds. The van der Waals surface area contributed by atoms with Crippen molar-refractivity contribution in [3.8, 4) is 0 Å². The molecule has 3 N–H and O–H groups in total. The third-order valence-electron chi connectivity index (χ3n) is 6.29. The molecule has 1 aliphatic heterocycles. The number of amides is 2. The first-order valence-electron chi connectivity index (χ1n) is 8.49. The van der Waals surface area contributed by atoms with Crippen LogP contribution in [0.25, 0.3) is 0 Å². The van der Waals surface area contributed by atoms with E-state index in [4.69, 9.17) is 4.74 Å². The summed E-state index contributed by atoms with van der Waals surface area (Å²) < 4.78 is 5.15. The van der Waals surface area contributed by atoms with Crippen LogP contribution in [-0.4, -0.2) is 43.0 Å². The smallest absolute Gasteiger partial charge is 0.315 e. The van der Waals surface area contributed by atoms with Crippen LogP contribution in [-0.2, 0) is 4.74 Å². The molecule has 2 atom stereocenters. The predicted molar refractivity (Wildman–Crippen MR) is 77.7 cm³/mol. The van der Waals surface area contributed by atoms with Gasteiger partial charge in [-0.25, -0.2) is 4.79 Å². The number of aliphatic hydroxyl groups excluding tert-OH is 1. The Morgan fingerprint density at radius 3 is 2.29 bits per heavy atom. The Balaban J connectivity index is 1.28. The molecule has 0 spiro atoms. The fourth-order valence-corrected chi connectivity index (χ4v) is 5.48. The van der Waals surface area contributed by atoms with Gasteiger partial charge in [-0.05, 0) is 61.7 Å². The monoisotopic (exact) mass is 294 g/mol. The summed E-state index contributed by atoms with van der Waals surface area (Å²) in [6.07, 6.45) is 6.43. The quantitative estimate of drug-likeness (QED) is 0.730. The Kier molecular flexibility index (Phi) is 3.58. The summed E-state index contributed by atoms with van der Waals surface area (Å²) in [4.78, 5) is 12.0. The van der Waals surface area contributed by atoms with Gasteiger partial charge in [-0.15, -0.1) is 0 Å². The summed E-state index contributed by atoms with van der Waals surface area (Å²) >= 11 is 0. The van der Waals surface area contributed by atoms with Gasteiger partial charge in [0.15, 0.2) is 0 Å². The van der Waals surface area contributed by atoms with Gasteiger partial charge in [0, 0.05) is 6.54 Å². The molecular formula is C16H26N2O3. The van der Waals surface area contributed by atoms with Crippen LogP contribution in [0.15, 0.2) is 0 Å². The van der Waals surface area contributed by atoms with Gasteiger partial charge in [0.25, 0.3) is 0 Å². The molecule has 5 heteroatoms. The Morgan fingerprint density at radius 1 is 1.05 bits per heavy atom. The third-order valence-corrected chi connectivity index (χ3v) is 6.29. The van der Waals surface area contributed by atoms with Gasteiger partial charge >= 0.3 is 6.03 Å². The van der Waals surface area contributed by atoms with Crippen molar-refractivity contribution >= 4 is 6.03 Å². The predicted octanol–water partition coefficient (Wildman–Crippen LogP) is 1.12. The van der Waals surface area contributed by atoms with Crippen LogP contribution in [0.1, 0.15) is 32.1 Å². The molecular weight excluding hydrogens is 268 g/mol. The van der Waals surface area contributed by atoms with Crippen LogP contribution in [0.4, 0.5) is 4.79 Å². The maximum Gasteiger partial charge on any atom is 0.315 e. The van der Waals surface area contributed by atoms with Gasteiger partial charge in [0.2, 0.25) is 0 Å². The van der Waals surface area contributed by atoms with Crippen LogP contribution < -0.4 is 10.6 Å². The lowest BCUT2D eigenvalue weighted by Gasteiger charge is -2.54. The van der Waals surface area contributed by atoms with Crippen molar-refractivity contribution < 1.29 is 14.6 Å². The maximum absolute atomic E-state index is 12.0. The van der Waals surface area contributed by atoms with E-state index in [9.17, 15) is 9.90 Å². The summed E-state index contributed by atoms with van der Waals surface area (Å²) in [6.45, 7) is 1.53. The Hall–Kier alpha value is -0.810. The first-order chi connectivity index (χ1) is 10.2. The molecule has 4 bridgehead atoms. The highest BCUT2D eigenvalue weighted by Crippen LogP contribution is 2.56. The molecule has 4 aliphatic carbocycles. The summed E-state index contributed by atoms with van der Waals surface area (Å²) in [5.41, 5.74) is 0. The molecule has 0 unspecified atom stereocenters. The number of carbonyl (C=O) groups is 1. The standard InChI is InChI=1S/C16H26N2O3/c19-15-8-21-7-14(15)18-16(20)17-6-13-11-2-9-1-10(4-11)5-12(13)3-9/h9-15,19H,1-8H2,(H2,17,18,20)/t9?,10?,11?,12?,13?,14-,15-/m1/s1. The number of ether oxygens (including phenoxy) is 1. The van der Waals surface area contributed by atoms with E-state index in [-0.39, 0.29) is 12.1 Å². The molecule has 1 saturated heterocycles. The van der Waals surface area contributed by atoms with Gasteiger partial charge < -0.3 is 20.5 Å². The lowest BCUT2D eigenvalue weighted by Crippen LogP contribution is -2.52. The van der Waals surface area contributed by atoms with E-state index < -0.39 is 6.10 Å². The number of rotatable bonds is 3. The SMILES string of the molecule is O=C(NCC1C2CC3CC(C2)CC1C3)N[C@@H]1COC[C@H]1O. The zero-order valence-corrected chi connectivity index (χ0v) is 12.5. The van der Waals surface area contributed by atoms with Gasteiger partial charge in [-0.2, -0.15) is 0 Å². The van der Waals surface area contributed by atoms with Gasteiger partial charge in [-0.1, -0.05) is 0 Å². The molecule has 21 heavy (non-hydrogen) atoms. The van der Waals surface area contributed by atoms with Crippen molar-refractivity contribution in [1.82, 2.24) is 10.6 Å². The van der Waals surface area contributed by atoms with Gasteiger partial charge in [0.05, 0.1) is 25.4 Å². The van der Waals surface area contributed by atoms with Crippen molar-refractivity contribution in [2.24, 2.45) is 29.6 Å². The maximum atomic E-state index is 12.0. The summed E-state index contributed by atoms with van der Waals surface area (Å²) in [5, 5.41) is 15.5. The second kappa shape index (κ2) is 5.43. The number of hydrogen-bond donors (Lipinski definition) is 3. The van der Waals surface area contributed by atoms with E-state index >= 15 is 0 Å². The Bertz CT molecular complexity index is 386. The molecule has 118 valence electrons. The lowest BCUT2D eigenvalue weighted by molar-refractivity contribution is -0.0344. The Morgan fingerprint density at radius 2 is 1.71 bits per heavy atom. The molecule has 0 aromatic heterocycles. The summed E-state index contributed by atoms with van der Waals surface area (Å²) in [6, 6.07) is -0.415. The highest BCUT2D eigenvalue weighted by molar-refractivity contribution is 5.74. The second-order valence-corrected chi connectivity index (χ2v) is 7.66. The number of aliphatic hydroxyl groups is 1. The second-order valence-electron chi connectivity index (χ2n) is 7.66. The third kappa shape index (κ3) is 2.66. The normalized spacial score (nSPS) is 47.6. The molecule has 0 aromatic carbocycles. The van der Waals surface area contributed by atoms with E-state index in [0.29, 0.717) is 19.1 Å². The van der Waals surface area contributed by atoms with E-state index in [1.165, 1.54) is 32.1 Å². The molecule has 0 radical (unpaired) electrons. The van der Waals surface area contributed by atoms with Crippen LogP contribution in [0, 0.1) is 29.6 Å². The van der Waals surface area contributed by atoms with Crippen LogP contribution in [0.2, 0.25) is 0 Å². The fourth-order valence-electron chi connectivity index (χ4n) is 5.48. The van der Waals surface area contributed by atoms with Gasteiger partial charge in [-0.3, -0.25) is 0 Å². The minimum absolute atomic E-state index is 0.154. The summed E-state index contributed by atoms with van der Waals surface area (Å²) in [5.74, 6) is 4.30. The van der Waals surface area contributed by atoms with Crippen LogP contribution >= 0.6 is 0 Å². The topological polar surface area (TPSA) is 70.6 Å². The average molecular weight is 294 g/mol. The molecule has 4 saturated carbocycles. The average Bonchev–Trinajstić information content (AvgIpc) is 2.82. The molecule has 1 heterocycles. The molecule has 5 fully saturated rings. The van der Waals surface area contributed by atoms with Crippen LogP contribution in [0.3, 0.4) is 0 Å². The number of nitrogens with one attached hydrogen (secondary N) is 2. The number of hydrogen-bond acceptors (Lipinski definition) is 3. The molecule has 5 nitrogen and oxygen atoms in total. The first-order valence-corrected chi connectivity index (χ1v) is 8.49. The highest BCUT2D eigenvalue weighted by Gasteiger charge is 2.47. The Labute approximate surface area is 125 Å². The highest BCUT2D eigenvalue weighted by atomic mass is 16.5. The number of carbonyl (C=O) groups excluding carboxylic acids is 1. The first kappa shape index (κ1) is 13.8. The van der Waals surface area contributed by atoms with Crippen molar-refractivity contribution in [2.75, 3.05) is 19.8 Å². The van der Waals surface area contributed by atoms with Crippen molar-refractivity contribution in [3.63, 3.8) is 0 Å². The minimum Gasteiger partial charge on any atom is -0.388 e. The van der Waals surface area contributed by atoms with E-state index in [1.807, 2.05) is 0 Å². The van der Waals surface area contributed by atoms with E-state index in [0.717, 1.165) is 30.2 Å². The molecule has 5 aliphatic rings. The zero-order chi connectivity index (χ0) is 14.4. The summed E-state index contributed by atoms with van der Waals surface area (Å²) in [7, 11) is 0. The minimum atomic E-state index is -0.572. The molecule has 0 aromatic rings. The van der Waals surface area contributed by atoms with Crippen molar-refractivity contribution in [2.45, 2.75) is 44.2 Å². The van der Waals surface area contributed by atoms with E-state index in [1.54, 1.807) is 0 Å². The van der Waals surface area contributed by atoms with Gasteiger partial charge in [0.1, 0.15) is 0 Å².